The molecule has 0 saturated heterocycles. The second-order valence-electron chi connectivity index (χ2n) is 5.28. The van der Waals surface area contributed by atoms with Crippen molar-refractivity contribution in [1.82, 2.24) is 15.2 Å². The summed E-state index contributed by atoms with van der Waals surface area (Å²) >= 11 is 0. The van der Waals surface area contributed by atoms with E-state index in [2.05, 4.69) is 15.6 Å². The van der Waals surface area contributed by atoms with Gasteiger partial charge in [0.2, 0.25) is 11.8 Å². The van der Waals surface area contributed by atoms with Crippen LogP contribution in [-0.4, -0.2) is 47.9 Å². The fourth-order valence-electron chi connectivity index (χ4n) is 1.83. The molecule has 6 nitrogen and oxygen atoms in total. The monoisotopic (exact) mass is 276 g/mol. The molecule has 1 aromatic heterocycles. The normalized spacial score (nSPS) is 14.2. The standard InChI is InChI=1S/C14H20N4O2/c1-10-5-6-15-12(7-10)17-14(20)9-18(2)8-13(19)16-11-3-4-11/h5-7,11H,3-4,8-9H2,1-2H3,(H,16,19)(H,15,17,20). The lowest BCUT2D eigenvalue weighted by atomic mass is 10.3. The van der Waals surface area contributed by atoms with Gasteiger partial charge in [-0.2, -0.15) is 0 Å². The molecule has 0 unspecified atom stereocenters. The van der Waals surface area contributed by atoms with E-state index in [-0.39, 0.29) is 24.9 Å². The van der Waals surface area contributed by atoms with Crippen LogP contribution in [0.15, 0.2) is 18.3 Å². The number of pyridine rings is 1. The summed E-state index contributed by atoms with van der Waals surface area (Å²) < 4.78 is 0. The zero-order chi connectivity index (χ0) is 14.5. The lowest BCUT2D eigenvalue weighted by molar-refractivity contribution is -0.123. The van der Waals surface area contributed by atoms with Gasteiger partial charge in [0.05, 0.1) is 13.1 Å². The minimum atomic E-state index is -0.176. The van der Waals surface area contributed by atoms with Crippen molar-refractivity contribution in [1.29, 1.82) is 0 Å². The largest absolute Gasteiger partial charge is 0.352 e. The summed E-state index contributed by atoms with van der Waals surface area (Å²) in [5, 5.41) is 5.61. The van der Waals surface area contributed by atoms with Crippen LogP contribution in [0, 0.1) is 6.92 Å². The lowest BCUT2D eigenvalue weighted by Gasteiger charge is -2.15. The quantitative estimate of drug-likeness (QED) is 0.795. The number of aromatic nitrogens is 1. The van der Waals surface area contributed by atoms with Crippen molar-refractivity contribution < 1.29 is 9.59 Å². The molecule has 1 aromatic rings. The molecule has 0 aromatic carbocycles. The van der Waals surface area contributed by atoms with Crippen LogP contribution in [0.5, 0.6) is 0 Å². The third kappa shape index (κ3) is 4.97. The molecule has 0 spiro atoms. The number of hydrogen-bond acceptors (Lipinski definition) is 4. The van der Waals surface area contributed by atoms with Crippen molar-refractivity contribution >= 4 is 17.6 Å². The highest BCUT2D eigenvalue weighted by Crippen LogP contribution is 2.18. The number of likely N-dealkylation sites (N-methyl/N-ethyl adjacent to an activating group) is 1. The van der Waals surface area contributed by atoms with Crippen molar-refractivity contribution in [3.8, 4) is 0 Å². The van der Waals surface area contributed by atoms with Crippen LogP contribution in [0.1, 0.15) is 18.4 Å². The second-order valence-corrected chi connectivity index (χ2v) is 5.28. The molecule has 1 saturated carbocycles. The van der Waals surface area contributed by atoms with E-state index >= 15 is 0 Å². The number of anilines is 1. The molecule has 2 rings (SSSR count). The molecule has 0 bridgehead atoms. The molecule has 108 valence electrons. The maximum atomic E-state index is 11.8. The highest BCUT2D eigenvalue weighted by atomic mass is 16.2. The average molecular weight is 276 g/mol. The van der Waals surface area contributed by atoms with E-state index in [9.17, 15) is 9.59 Å². The predicted molar refractivity (Wildman–Crippen MR) is 76.3 cm³/mol. The summed E-state index contributed by atoms with van der Waals surface area (Å²) in [5.41, 5.74) is 1.03. The smallest absolute Gasteiger partial charge is 0.239 e. The number of aryl methyl sites for hydroxylation is 1. The predicted octanol–water partition coefficient (Wildman–Crippen LogP) is 0.539. The van der Waals surface area contributed by atoms with Gasteiger partial charge < -0.3 is 10.6 Å². The molecule has 0 radical (unpaired) electrons. The van der Waals surface area contributed by atoms with E-state index < -0.39 is 0 Å². The molecule has 6 heteroatoms. The Morgan fingerprint density at radius 1 is 1.35 bits per heavy atom. The van der Waals surface area contributed by atoms with Gasteiger partial charge in [-0.25, -0.2) is 4.98 Å². The Labute approximate surface area is 118 Å². The zero-order valence-corrected chi connectivity index (χ0v) is 11.8. The van der Waals surface area contributed by atoms with Crippen molar-refractivity contribution in [3.05, 3.63) is 23.9 Å². The van der Waals surface area contributed by atoms with Gasteiger partial charge in [-0.3, -0.25) is 14.5 Å². The van der Waals surface area contributed by atoms with Crippen LogP contribution in [-0.2, 0) is 9.59 Å². The van der Waals surface area contributed by atoms with E-state index in [4.69, 9.17) is 0 Å². The Morgan fingerprint density at radius 2 is 2.05 bits per heavy atom. The van der Waals surface area contributed by atoms with Gasteiger partial charge in [0.25, 0.3) is 0 Å². The van der Waals surface area contributed by atoms with Crippen molar-refractivity contribution in [2.24, 2.45) is 0 Å². The van der Waals surface area contributed by atoms with Crippen molar-refractivity contribution in [2.45, 2.75) is 25.8 Å². The van der Waals surface area contributed by atoms with E-state index in [1.165, 1.54) is 0 Å². The molecule has 0 atom stereocenters. The first-order chi connectivity index (χ1) is 9.52. The summed E-state index contributed by atoms with van der Waals surface area (Å²) in [6.45, 7) is 2.32. The Balaban J connectivity index is 1.74. The second kappa shape index (κ2) is 6.47. The van der Waals surface area contributed by atoms with E-state index in [1.807, 2.05) is 13.0 Å². The molecule has 1 fully saturated rings. The Kier molecular flexibility index (Phi) is 4.68. The molecule has 1 aliphatic rings. The third-order valence-electron chi connectivity index (χ3n) is 2.95. The van der Waals surface area contributed by atoms with Gasteiger partial charge >= 0.3 is 0 Å². The fraction of sp³-hybridized carbons (Fsp3) is 0.500. The number of carbonyl (C=O) groups excluding carboxylic acids is 2. The van der Waals surface area contributed by atoms with Gasteiger partial charge in [-0.05, 0) is 44.5 Å². The summed E-state index contributed by atoms with van der Waals surface area (Å²) in [5.74, 6) is 0.326. The van der Waals surface area contributed by atoms with Gasteiger partial charge in [0.15, 0.2) is 0 Å². The van der Waals surface area contributed by atoms with E-state index in [0.29, 0.717) is 11.9 Å². The number of rotatable bonds is 6. The van der Waals surface area contributed by atoms with Gasteiger partial charge in [-0.1, -0.05) is 0 Å². The summed E-state index contributed by atoms with van der Waals surface area (Å²) in [4.78, 5) is 29.2. The summed E-state index contributed by atoms with van der Waals surface area (Å²) in [6.07, 6.45) is 3.78. The van der Waals surface area contributed by atoms with E-state index in [1.54, 1.807) is 24.2 Å². The Morgan fingerprint density at radius 3 is 2.70 bits per heavy atom. The minimum Gasteiger partial charge on any atom is -0.352 e. The van der Waals surface area contributed by atoms with Crippen LogP contribution in [0.2, 0.25) is 0 Å². The topological polar surface area (TPSA) is 74.3 Å². The fourth-order valence-corrected chi connectivity index (χ4v) is 1.83. The summed E-state index contributed by atoms with van der Waals surface area (Å²) in [7, 11) is 1.75. The number of nitrogens with zero attached hydrogens (tertiary/aromatic N) is 2. The molecule has 2 amide bonds. The maximum Gasteiger partial charge on any atom is 0.239 e. The van der Waals surface area contributed by atoms with Crippen LogP contribution < -0.4 is 10.6 Å². The Bertz CT molecular complexity index is 500. The molecule has 1 aliphatic carbocycles. The first-order valence-corrected chi connectivity index (χ1v) is 6.73. The molecule has 1 heterocycles. The molecular weight excluding hydrogens is 256 g/mol. The SMILES string of the molecule is Cc1ccnc(NC(=O)CN(C)CC(=O)NC2CC2)c1. The van der Waals surface area contributed by atoms with Crippen molar-refractivity contribution in [2.75, 3.05) is 25.5 Å². The van der Waals surface area contributed by atoms with Gasteiger partial charge in [0, 0.05) is 12.2 Å². The molecule has 0 aliphatic heterocycles. The average Bonchev–Trinajstić information content (AvgIpc) is 3.11. The van der Waals surface area contributed by atoms with Crippen LogP contribution in [0.3, 0.4) is 0 Å². The zero-order valence-electron chi connectivity index (χ0n) is 11.8. The summed E-state index contributed by atoms with van der Waals surface area (Å²) in [6, 6.07) is 4.02. The number of carbonyl (C=O) groups is 2. The third-order valence-corrected chi connectivity index (χ3v) is 2.95. The van der Waals surface area contributed by atoms with Crippen LogP contribution in [0.4, 0.5) is 5.82 Å². The van der Waals surface area contributed by atoms with Gasteiger partial charge in [0.1, 0.15) is 5.82 Å². The molecule has 2 N–H and O–H groups in total. The highest BCUT2D eigenvalue weighted by molar-refractivity contribution is 5.91. The molecule has 20 heavy (non-hydrogen) atoms. The number of hydrogen-bond donors (Lipinski definition) is 2. The number of nitrogens with one attached hydrogen (secondary N) is 2. The number of amides is 2. The Hall–Kier alpha value is -1.95. The first-order valence-electron chi connectivity index (χ1n) is 6.73. The molecular formula is C14H20N4O2. The van der Waals surface area contributed by atoms with Crippen molar-refractivity contribution in [3.63, 3.8) is 0 Å². The maximum absolute atomic E-state index is 11.8. The first kappa shape index (κ1) is 14.5. The minimum absolute atomic E-state index is 0.0310. The van der Waals surface area contributed by atoms with Gasteiger partial charge in [-0.15, -0.1) is 0 Å². The highest BCUT2D eigenvalue weighted by Gasteiger charge is 2.23. The van der Waals surface area contributed by atoms with E-state index in [0.717, 1.165) is 18.4 Å². The lowest BCUT2D eigenvalue weighted by Crippen LogP contribution is -2.39. The van der Waals surface area contributed by atoms with Crippen LogP contribution in [0.25, 0.3) is 0 Å². The van der Waals surface area contributed by atoms with Crippen LogP contribution >= 0.6 is 0 Å².